The van der Waals surface area contributed by atoms with Gasteiger partial charge in [-0.1, -0.05) is 18.2 Å². The standard InChI is InChI=1S/C14H14F2N2O/c15-14(16)19-12-7-5-11(6-8-12)18-9-10-3-1-2-4-13(10)17/h1-8,14,18H,9,17H2. The number of rotatable bonds is 5. The third kappa shape index (κ3) is 3.84. The van der Waals surface area contributed by atoms with Crippen LogP contribution in [0.4, 0.5) is 20.2 Å². The lowest BCUT2D eigenvalue weighted by molar-refractivity contribution is -0.0498. The van der Waals surface area contributed by atoms with Crippen molar-refractivity contribution >= 4 is 11.4 Å². The van der Waals surface area contributed by atoms with Crippen LogP contribution in [0.1, 0.15) is 5.56 Å². The van der Waals surface area contributed by atoms with Crippen LogP contribution >= 0.6 is 0 Å². The molecule has 2 rings (SSSR count). The summed E-state index contributed by atoms with van der Waals surface area (Å²) in [5, 5.41) is 3.16. The van der Waals surface area contributed by atoms with Gasteiger partial charge in [-0.05, 0) is 35.9 Å². The number of nitrogens with two attached hydrogens (primary N) is 1. The van der Waals surface area contributed by atoms with Gasteiger partial charge in [0.2, 0.25) is 0 Å². The Morgan fingerprint density at radius 1 is 1.05 bits per heavy atom. The lowest BCUT2D eigenvalue weighted by atomic mass is 10.2. The van der Waals surface area contributed by atoms with Crippen LogP contribution in [0, 0.1) is 0 Å². The number of hydrogen-bond donors (Lipinski definition) is 2. The molecule has 0 saturated heterocycles. The van der Waals surface area contributed by atoms with Crippen molar-refractivity contribution < 1.29 is 13.5 Å². The lowest BCUT2D eigenvalue weighted by Gasteiger charge is -2.09. The van der Waals surface area contributed by atoms with Gasteiger partial charge < -0.3 is 15.8 Å². The number of benzene rings is 2. The van der Waals surface area contributed by atoms with Crippen molar-refractivity contribution in [3.05, 3.63) is 54.1 Å². The molecular weight excluding hydrogens is 250 g/mol. The minimum Gasteiger partial charge on any atom is -0.435 e. The van der Waals surface area contributed by atoms with Crippen LogP contribution in [0.3, 0.4) is 0 Å². The Morgan fingerprint density at radius 2 is 1.74 bits per heavy atom. The first-order chi connectivity index (χ1) is 9.15. The Bertz CT molecular complexity index is 529. The number of anilines is 2. The van der Waals surface area contributed by atoms with Gasteiger partial charge in [0.15, 0.2) is 0 Å². The molecule has 0 aromatic heterocycles. The average Bonchev–Trinajstić information content (AvgIpc) is 2.39. The van der Waals surface area contributed by atoms with Crippen LogP contribution in [0.25, 0.3) is 0 Å². The fourth-order valence-electron chi connectivity index (χ4n) is 1.65. The van der Waals surface area contributed by atoms with Crippen LogP contribution in [-0.4, -0.2) is 6.61 Å². The van der Waals surface area contributed by atoms with E-state index in [4.69, 9.17) is 5.73 Å². The summed E-state index contributed by atoms with van der Waals surface area (Å²) < 4.78 is 28.2. The van der Waals surface area contributed by atoms with Crippen molar-refractivity contribution in [3.8, 4) is 5.75 Å². The van der Waals surface area contributed by atoms with E-state index in [1.54, 1.807) is 12.1 Å². The van der Waals surface area contributed by atoms with Gasteiger partial charge in [-0.2, -0.15) is 8.78 Å². The van der Waals surface area contributed by atoms with Crippen molar-refractivity contribution in [3.63, 3.8) is 0 Å². The second-order valence-electron chi connectivity index (χ2n) is 3.96. The number of hydrogen-bond acceptors (Lipinski definition) is 3. The van der Waals surface area contributed by atoms with Crippen molar-refractivity contribution in [2.45, 2.75) is 13.2 Å². The van der Waals surface area contributed by atoms with Gasteiger partial charge in [0, 0.05) is 17.9 Å². The van der Waals surface area contributed by atoms with Crippen molar-refractivity contribution in [2.75, 3.05) is 11.1 Å². The predicted octanol–water partition coefficient (Wildman–Crippen LogP) is 3.48. The monoisotopic (exact) mass is 264 g/mol. The smallest absolute Gasteiger partial charge is 0.387 e. The van der Waals surface area contributed by atoms with Gasteiger partial charge in [-0.25, -0.2) is 0 Å². The summed E-state index contributed by atoms with van der Waals surface area (Å²) in [6.07, 6.45) is 0. The zero-order chi connectivity index (χ0) is 13.7. The summed E-state index contributed by atoms with van der Waals surface area (Å²) in [5.41, 5.74) is 8.33. The molecular formula is C14H14F2N2O. The molecule has 2 aromatic carbocycles. The van der Waals surface area contributed by atoms with E-state index in [1.165, 1.54) is 12.1 Å². The highest BCUT2D eigenvalue weighted by Crippen LogP contribution is 2.19. The number of alkyl halides is 2. The highest BCUT2D eigenvalue weighted by Gasteiger charge is 2.03. The summed E-state index contributed by atoms with van der Waals surface area (Å²) >= 11 is 0. The molecule has 3 nitrogen and oxygen atoms in total. The molecule has 0 saturated carbocycles. The lowest BCUT2D eigenvalue weighted by Crippen LogP contribution is -2.03. The number of nitrogens with one attached hydrogen (secondary N) is 1. The predicted molar refractivity (Wildman–Crippen MR) is 71.3 cm³/mol. The Balaban J connectivity index is 1.95. The third-order valence-corrected chi connectivity index (χ3v) is 2.62. The van der Waals surface area contributed by atoms with Crippen LogP contribution in [-0.2, 0) is 6.54 Å². The summed E-state index contributed by atoms with van der Waals surface area (Å²) in [5.74, 6) is 0.139. The number of ether oxygens (including phenoxy) is 1. The largest absolute Gasteiger partial charge is 0.435 e. The van der Waals surface area contributed by atoms with Gasteiger partial charge in [0.1, 0.15) is 5.75 Å². The highest BCUT2D eigenvalue weighted by atomic mass is 19.3. The number of halogens is 2. The maximum atomic E-state index is 12.0. The van der Waals surface area contributed by atoms with E-state index in [1.807, 2.05) is 24.3 Å². The van der Waals surface area contributed by atoms with Gasteiger partial charge in [-0.15, -0.1) is 0 Å². The molecule has 0 amide bonds. The van der Waals surface area contributed by atoms with E-state index in [2.05, 4.69) is 10.1 Å². The molecule has 5 heteroatoms. The first-order valence-electron chi connectivity index (χ1n) is 5.77. The molecule has 19 heavy (non-hydrogen) atoms. The maximum absolute atomic E-state index is 12.0. The normalized spacial score (nSPS) is 10.5. The quantitative estimate of drug-likeness (QED) is 0.813. The van der Waals surface area contributed by atoms with Crippen molar-refractivity contribution in [1.82, 2.24) is 0 Å². The Morgan fingerprint density at radius 3 is 2.37 bits per heavy atom. The molecule has 0 spiro atoms. The summed E-state index contributed by atoms with van der Waals surface area (Å²) in [4.78, 5) is 0. The van der Waals surface area contributed by atoms with Crippen molar-refractivity contribution in [2.24, 2.45) is 0 Å². The Labute approximate surface area is 110 Å². The topological polar surface area (TPSA) is 47.3 Å². The molecule has 0 aliphatic carbocycles. The van der Waals surface area contributed by atoms with Crippen LogP contribution < -0.4 is 15.8 Å². The summed E-state index contributed by atoms with van der Waals surface area (Å²) in [6.45, 7) is -2.23. The van der Waals surface area contributed by atoms with Gasteiger partial charge in [0.05, 0.1) is 0 Å². The molecule has 100 valence electrons. The molecule has 0 heterocycles. The number of para-hydroxylation sites is 1. The fourth-order valence-corrected chi connectivity index (χ4v) is 1.65. The summed E-state index contributed by atoms with van der Waals surface area (Å²) in [7, 11) is 0. The zero-order valence-corrected chi connectivity index (χ0v) is 10.1. The highest BCUT2D eigenvalue weighted by molar-refractivity contribution is 5.51. The van der Waals surface area contributed by atoms with Crippen LogP contribution in [0.15, 0.2) is 48.5 Å². The van der Waals surface area contributed by atoms with E-state index in [9.17, 15) is 8.78 Å². The molecule has 0 bridgehead atoms. The SMILES string of the molecule is Nc1ccccc1CNc1ccc(OC(F)F)cc1. The van der Waals surface area contributed by atoms with E-state index in [0.29, 0.717) is 12.2 Å². The molecule has 0 fully saturated rings. The first kappa shape index (κ1) is 13.1. The molecule has 0 aliphatic rings. The second kappa shape index (κ2) is 6.04. The Hall–Kier alpha value is -2.30. The van der Waals surface area contributed by atoms with E-state index in [-0.39, 0.29) is 5.75 Å². The van der Waals surface area contributed by atoms with E-state index >= 15 is 0 Å². The first-order valence-corrected chi connectivity index (χ1v) is 5.77. The second-order valence-corrected chi connectivity index (χ2v) is 3.96. The molecule has 0 unspecified atom stereocenters. The summed E-state index contributed by atoms with van der Waals surface area (Å²) in [6, 6.07) is 13.9. The van der Waals surface area contributed by atoms with Gasteiger partial charge in [0.25, 0.3) is 0 Å². The molecule has 0 aliphatic heterocycles. The van der Waals surface area contributed by atoms with Gasteiger partial charge >= 0.3 is 6.61 Å². The minimum atomic E-state index is -2.80. The molecule has 0 radical (unpaired) electrons. The number of nitrogen functional groups attached to an aromatic ring is 1. The molecule has 3 N–H and O–H groups in total. The van der Waals surface area contributed by atoms with E-state index in [0.717, 1.165) is 11.3 Å². The van der Waals surface area contributed by atoms with Crippen molar-refractivity contribution in [1.29, 1.82) is 0 Å². The molecule has 0 atom stereocenters. The van der Waals surface area contributed by atoms with Crippen LogP contribution in [0.5, 0.6) is 5.75 Å². The maximum Gasteiger partial charge on any atom is 0.387 e. The average molecular weight is 264 g/mol. The minimum absolute atomic E-state index is 0.139. The fraction of sp³-hybridized carbons (Fsp3) is 0.143. The van der Waals surface area contributed by atoms with Crippen LogP contribution in [0.2, 0.25) is 0 Å². The van der Waals surface area contributed by atoms with Gasteiger partial charge in [-0.3, -0.25) is 0 Å². The molecule has 2 aromatic rings. The third-order valence-electron chi connectivity index (χ3n) is 2.62. The van der Waals surface area contributed by atoms with E-state index < -0.39 is 6.61 Å². The zero-order valence-electron chi connectivity index (χ0n) is 10.1. The Kier molecular flexibility index (Phi) is 4.18.